The van der Waals surface area contributed by atoms with Crippen LogP contribution in [0.1, 0.15) is 22.8 Å². The average Bonchev–Trinajstić information content (AvgIpc) is 2.73. The predicted molar refractivity (Wildman–Crippen MR) is 109 cm³/mol. The fourth-order valence-corrected chi connectivity index (χ4v) is 3.85. The van der Waals surface area contributed by atoms with Crippen LogP contribution in [0.2, 0.25) is 0 Å². The molecule has 0 saturated carbocycles. The van der Waals surface area contributed by atoms with E-state index in [1.165, 1.54) is 18.2 Å². The first-order valence-electron chi connectivity index (χ1n) is 9.01. The van der Waals surface area contributed by atoms with E-state index >= 15 is 0 Å². The lowest BCUT2D eigenvalue weighted by Crippen LogP contribution is -2.33. The molecule has 3 aromatic rings. The topological polar surface area (TPSA) is 99.4 Å². The van der Waals surface area contributed by atoms with Gasteiger partial charge in [0.25, 0.3) is 0 Å². The standard InChI is InChI=1S/C22H19BrO6/c23-20-18(27)10-16(25)14-9-19(28-11-12-4-2-1-3-5-12)21(29-22(14)20)13-6-7-15(24)17(26)8-13/h1-8,10,19,21,24-27H,9,11H2. The summed E-state index contributed by atoms with van der Waals surface area (Å²) < 4.78 is 12.6. The monoisotopic (exact) mass is 458 g/mol. The van der Waals surface area contributed by atoms with Gasteiger partial charge in [-0.25, -0.2) is 0 Å². The smallest absolute Gasteiger partial charge is 0.157 e. The summed E-state index contributed by atoms with van der Waals surface area (Å²) in [6.07, 6.45) is -0.775. The Hall–Kier alpha value is -2.90. The van der Waals surface area contributed by atoms with Crippen molar-refractivity contribution in [1.29, 1.82) is 0 Å². The fraction of sp³-hybridized carbons (Fsp3) is 0.182. The zero-order valence-electron chi connectivity index (χ0n) is 15.2. The lowest BCUT2D eigenvalue weighted by molar-refractivity contribution is -0.0470. The molecular weight excluding hydrogens is 440 g/mol. The Bertz CT molecular complexity index is 1040. The Morgan fingerprint density at radius 3 is 2.38 bits per heavy atom. The molecule has 150 valence electrons. The molecule has 1 heterocycles. The third kappa shape index (κ3) is 3.83. The highest BCUT2D eigenvalue weighted by atomic mass is 79.9. The maximum absolute atomic E-state index is 10.3. The van der Waals surface area contributed by atoms with Crippen LogP contribution in [-0.4, -0.2) is 26.5 Å². The van der Waals surface area contributed by atoms with Crippen molar-refractivity contribution in [2.75, 3.05) is 0 Å². The highest BCUT2D eigenvalue weighted by molar-refractivity contribution is 9.10. The first-order valence-corrected chi connectivity index (χ1v) is 9.80. The molecule has 4 rings (SSSR count). The van der Waals surface area contributed by atoms with E-state index in [2.05, 4.69) is 15.9 Å². The summed E-state index contributed by atoms with van der Waals surface area (Å²) in [4.78, 5) is 0. The van der Waals surface area contributed by atoms with Gasteiger partial charge < -0.3 is 29.9 Å². The van der Waals surface area contributed by atoms with Crippen LogP contribution >= 0.6 is 15.9 Å². The molecule has 0 aliphatic carbocycles. The van der Waals surface area contributed by atoms with Gasteiger partial charge in [0.2, 0.25) is 0 Å². The summed E-state index contributed by atoms with van der Waals surface area (Å²) in [5.74, 6) is -0.405. The van der Waals surface area contributed by atoms with Crippen LogP contribution in [0.5, 0.6) is 28.7 Å². The Morgan fingerprint density at radius 1 is 0.897 bits per heavy atom. The second-order valence-electron chi connectivity index (χ2n) is 6.86. The minimum Gasteiger partial charge on any atom is -0.507 e. The van der Waals surface area contributed by atoms with Crippen LogP contribution in [-0.2, 0) is 17.8 Å². The molecular formula is C22H19BrO6. The second kappa shape index (κ2) is 7.85. The zero-order valence-corrected chi connectivity index (χ0v) is 16.8. The lowest BCUT2D eigenvalue weighted by Gasteiger charge is -2.35. The van der Waals surface area contributed by atoms with Crippen LogP contribution in [0.3, 0.4) is 0 Å². The SMILES string of the molecule is Oc1ccc(C2Oc3c(Br)c(O)cc(O)c3CC2OCc2ccccc2)cc1O. The van der Waals surface area contributed by atoms with Crippen molar-refractivity contribution in [1.82, 2.24) is 0 Å². The van der Waals surface area contributed by atoms with Crippen LogP contribution in [0.4, 0.5) is 0 Å². The highest BCUT2D eigenvalue weighted by Gasteiger charge is 2.36. The molecule has 0 spiro atoms. The number of hydrogen-bond acceptors (Lipinski definition) is 6. The first-order chi connectivity index (χ1) is 13.9. The van der Waals surface area contributed by atoms with Crippen molar-refractivity contribution in [3.8, 4) is 28.7 Å². The number of phenols is 4. The van der Waals surface area contributed by atoms with Crippen molar-refractivity contribution >= 4 is 15.9 Å². The maximum atomic E-state index is 10.3. The molecule has 0 bridgehead atoms. The molecule has 2 atom stereocenters. The van der Waals surface area contributed by atoms with Crippen molar-refractivity contribution in [2.45, 2.75) is 25.2 Å². The van der Waals surface area contributed by atoms with E-state index in [-0.39, 0.29) is 23.0 Å². The van der Waals surface area contributed by atoms with Crippen LogP contribution in [0.25, 0.3) is 0 Å². The van der Waals surface area contributed by atoms with Gasteiger partial charge in [0.15, 0.2) is 17.6 Å². The minimum atomic E-state index is -0.629. The molecule has 29 heavy (non-hydrogen) atoms. The van der Waals surface area contributed by atoms with Crippen LogP contribution < -0.4 is 4.74 Å². The molecule has 0 radical (unpaired) electrons. The van der Waals surface area contributed by atoms with E-state index in [1.54, 1.807) is 6.07 Å². The molecule has 1 aliphatic heterocycles. The van der Waals surface area contributed by atoms with E-state index in [4.69, 9.17) is 9.47 Å². The largest absolute Gasteiger partial charge is 0.507 e. The average molecular weight is 459 g/mol. The second-order valence-corrected chi connectivity index (χ2v) is 7.66. The molecule has 0 saturated heterocycles. The van der Waals surface area contributed by atoms with E-state index in [9.17, 15) is 20.4 Å². The molecule has 3 aromatic carbocycles. The Kier molecular flexibility index (Phi) is 5.25. The summed E-state index contributed by atoms with van der Waals surface area (Å²) in [6, 6.07) is 15.4. The van der Waals surface area contributed by atoms with Crippen molar-refractivity contribution in [2.24, 2.45) is 0 Å². The number of rotatable bonds is 4. The Labute approximate surface area is 175 Å². The summed E-state index contributed by atoms with van der Waals surface area (Å²) in [5.41, 5.74) is 2.10. The number of fused-ring (bicyclic) bond motifs is 1. The molecule has 1 aliphatic rings. The molecule has 7 heteroatoms. The lowest BCUT2D eigenvalue weighted by atomic mass is 9.93. The number of ether oxygens (including phenoxy) is 2. The van der Waals surface area contributed by atoms with E-state index in [1.807, 2.05) is 30.3 Å². The van der Waals surface area contributed by atoms with E-state index < -0.39 is 12.2 Å². The van der Waals surface area contributed by atoms with Gasteiger partial charge in [-0.2, -0.15) is 0 Å². The highest BCUT2D eigenvalue weighted by Crippen LogP contribution is 2.49. The Balaban J connectivity index is 1.71. The van der Waals surface area contributed by atoms with Gasteiger partial charge in [-0.1, -0.05) is 36.4 Å². The van der Waals surface area contributed by atoms with Gasteiger partial charge in [0.05, 0.1) is 6.61 Å². The fourth-order valence-electron chi connectivity index (χ4n) is 3.40. The van der Waals surface area contributed by atoms with Gasteiger partial charge in [-0.3, -0.25) is 0 Å². The molecule has 0 fully saturated rings. The normalized spacial score (nSPS) is 18.1. The molecule has 6 nitrogen and oxygen atoms in total. The summed E-state index contributed by atoms with van der Waals surface area (Å²) >= 11 is 3.31. The summed E-state index contributed by atoms with van der Waals surface area (Å²) in [5, 5.41) is 39.9. The van der Waals surface area contributed by atoms with Gasteiger partial charge >= 0.3 is 0 Å². The number of halogens is 1. The van der Waals surface area contributed by atoms with Crippen LogP contribution in [0.15, 0.2) is 59.1 Å². The number of phenolic OH excluding ortho intramolecular Hbond substituents is 4. The number of hydrogen-bond donors (Lipinski definition) is 4. The predicted octanol–water partition coefficient (Wildman–Crippen LogP) is 4.53. The van der Waals surface area contributed by atoms with Crippen LogP contribution in [0, 0.1) is 0 Å². The third-order valence-electron chi connectivity index (χ3n) is 4.90. The third-order valence-corrected chi connectivity index (χ3v) is 5.67. The van der Waals surface area contributed by atoms with Crippen molar-refractivity contribution < 1.29 is 29.9 Å². The molecule has 0 amide bonds. The van der Waals surface area contributed by atoms with Crippen molar-refractivity contribution in [3.05, 3.63) is 75.8 Å². The quantitative estimate of drug-likeness (QED) is 0.428. The van der Waals surface area contributed by atoms with Gasteiger partial charge in [-0.15, -0.1) is 0 Å². The number of benzene rings is 3. The Morgan fingerprint density at radius 2 is 1.66 bits per heavy atom. The number of aromatic hydroxyl groups is 4. The maximum Gasteiger partial charge on any atom is 0.157 e. The van der Waals surface area contributed by atoms with Crippen molar-refractivity contribution in [3.63, 3.8) is 0 Å². The molecule has 2 unspecified atom stereocenters. The van der Waals surface area contributed by atoms with Gasteiger partial charge in [-0.05, 0) is 39.2 Å². The zero-order chi connectivity index (χ0) is 20.5. The van der Waals surface area contributed by atoms with Gasteiger partial charge in [0.1, 0.15) is 27.8 Å². The van der Waals surface area contributed by atoms with E-state index in [0.717, 1.165) is 5.56 Å². The first kappa shape index (κ1) is 19.4. The van der Waals surface area contributed by atoms with Gasteiger partial charge in [0, 0.05) is 18.1 Å². The molecule has 4 N–H and O–H groups in total. The molecule has 0 aromatic heterocycles. The van der Waals surface area contributed by atoms with E-state index in [0.29, 0.717) is 34.4 Å². The summed E-state index contributed by atoms with van der Waals surface area (Å²) in [7, 11) is 0. The summed E-state index contributed by atoms with van der Waals surface area (Å²) in [6.45, 7) is 0.338. The minimum absolute atomic E-state index is 0.0824.